The van der Waals surface area contributed by atoms with Crippen LogP contribution in [0.4, 0.5) is 8.78 Å². The molecule has 0 atom stereocenters. The van der Waals surface area contributed by atoms with Crippen LogP contribution in [0.25, 0.3) is 22.4 Å². The molecule has 0 aliphatic carbocycles. The lowest BCUT2D eigenvalue weighted by Crippen LogP contribution is -2.22. The molecule has 0 N–H and O–H groups in total. The van der Waals surface area contributed by atoms with Crippen LogP contribution in [0.2, 0.25) is 0 Å². The molecule has 0 radical (unpaired) electrons. The van der Waals surface area contributed by atoms with Crippen molar-refractivity contribution in [2.45, 2.75) is 13.2 Å². The molecule has 0 aliphatic rings. The molecule has 8 heteroatoms. The maximum absolute atomic E-state index is 12.2. The summed E-state index contributed by atoms with van der Waals surface area (Å²) in [5.41, 5.74) is 2.19. The summed E-state index contributed by atoms with van der Waals surface area (Å²) in [6.07, 6.45) is 0. The predicted molar refractivity (Wildman–Crippen MR) is 93.7 cm³/mol. The van der Waals surface area contributed by atoms with E-state index in [1.165, 1.54) is 22.9 Å². The maximum atomic E-state index is 12.2. The molecule has 0 saturated heterocycles. The molecule has 136 valence electrons. The van der Waals surface area contributed by atoms with E-state index < -0.39 is 6.61 Å². The molecule has 0 unspecified atom stereocenters. The highest BCUT2D eigenvalue weighted by atomic mass is 19.3. The van der Waals surface area contributed by atoms with Gasteiger partial charge in [-0.05, 0) is 42.5 Å². The first-order valence-electron chi connectivity index (χ1n) is 8.06. The average Bonchev–Trinajstić information content (AvgIpc) is 3.06. The fraction of sp³-hybridized carbons (Fsp3) is 0.105. The summed E-state index contributed by atoms with van der Waals surface area (Å²) in [5, 5.41) is 4.31. The average molecular weight is 369 g/mol. The van der Waals surface area contributed by atoms with Gasteiger partial charge in [-0.3, -0.25) is 4.79 Å². The highest BCUT2D eigenvalue weighted by Gasteiger charge is 2.10. The lowest BCUT2D eigenvalue weighted by atomic mass is 10.1. The Bertz CT molecular complexity index is 1100. The summed E-state index contributed by atoms with van der Waals surface area (Å²) in [6, 6.07) is 16.3. The number of halogens is 2. The van der Waals surface area contributed by atoms with Gasteiger partial charge in [-0.1, -0.05) is 12.1 Å². The third-order valence-electron chi connectivity index (χ3n) is 3.87. The lowest BCUT2D eigenvalue weighted by molar-refractivity contribution is -0.0498. The number of benzene rings is 2. The van der Waals surface area contributed by atoms with Crippen LogP contribution in [0.5, 0.6) is 5.75 Å². The van der Waals surface area contributed by atoms with Crippen LogP contribution in [-0.2, 0) is 6.54 Å². The molecule has 2 heterocycles. The highest BCUT2D eigenvalue weighted by molar-refractivity contribution is 5.72. The zero-order valence-electron chi connectivity index (χ0n) is 13.9. The summed E-state index contributed by atoms with van der Waals surface area (Å²) < 4.78 is 35.7. The van der Waals surface area contributed by atoms with Gasteiger partial charge in [0.1, 0.15) is 17.8 Å². The molecule has 0 bridgehead atoms. The quantitative estimate of drug-likeness (QED) is 0.536. The molecule has 6 nitrogen and oxygen atoms in total. The number of oxazole rings is 1. The minimum Gasteiger partial charge on any atom is -0.439 e. The normalized spacial score (nSPS) is 11.2. The Morgan fingerprint density at radius 3 is 2.56 bits per heavy atom. The van der Waals surface area contributed by atoms with Crippen molar-refractivity contribution in [3.8, 4) is 17.0 Å². The van der Waals surface area contributed by atoms with Gasteiger partial charge in [-0.15, -0.1) is 0 Å². The van der Waals surface area contributed by atoms with Gasteiger partial charge < -0.3 is 9.15 Å². The zero-order valence-corrected chi connectivity index (χ0v) is 13.9. The largest absolute Gasteiger partial charge is 0.439 e. The summed E-state index contributed by atoms with van der Waals surface area (Å²) >= 11 is 0. The van der Waals surface area contributed by atoms with E-state index in [1.807, 2.05) is 18.2 Å². The van der Waals surface area contributed by atoms with Crippen molar-refractivity contribution in [1.82, 2.24) is 14.8 Å². The molecule has 27 heavy (non-hydrogen) atoms. The van der Waals surface area contributed by atoms with Crippen molar-refractivity contribution < 1.29 is 17.9 Å². The topological polar surface area (TPSA) is 70.2 Å². The monoisotopic (exact) mass is 369 g/mol. The van der Waals surface area contributed by atoms with Gasteiger partial charge in [0.2, 0.25) is 5.89 Å². The third-order valence-corrected chi connectivity index (χ3v) is 3.87. The van der Waals surface area contributed by atoms with E-state index in [9.17, 15) is 13.6 Å². The maximum Gasteiger partial charge on any atom is 0.387 e. The van der Waals surface area contributed by atoms with E-state index in [0.717, 1.165) is 0 Å². The van der Waals surface area contributed by atoms with E-state index >= 15 is 0 Å². The Kier molecular flexibility index (Phi) is 4.37. The van der Waals surface area contributed by atoms with Crippen LogP contribution in [-0.4, -0.2) is 21.4 Å². The SMILES string of the molecule is O=c1ccc(-c2ccc(OC(F)F)cc2)nn1Cc1nc2ccccc2o1. The van der Waals surface area contributed by atoms with Crippen molar-refractivity contribution in [2.24, 2.45) is 0 Å². The van der Waals surface area contributed by atoms with E-state index in [4.69, 9.17) is 4.42 Å². The van der Waals surface area contributed by atoms with E-state index in [2.05, 4.69) is 14.8 Å². The summed E-state index contributed by atoms with van der Waals surface area (Å²) in [6.45, 7) is -2.80. The third kappa shape index (κ3) is 3.69. The van der Waals surface area contributed by atoms with Gasteiger partial charge in [0.05, 0.1) is 5.69 Å². The fourth-order valence-electron chi connectivity index (χ4n) is 2.64. The molecule has 0 fully saturated rings. The van der Waals surface area contributed by atoms with Crippen LogP contribution in [0.1, 0.15) is 5.89 Å². The standard InChI is InChI=1S/C19H13F2N3O3/c20-19(21)26-13-7-5-12(6-8-13)14-9-10-18(25)24(23-14)11-17-22-15-3-1-2-4-16(15)27-17/h1-10,19H,11H2. The van der Waals surface area contributed by atoms with Gasteiger partial charge in [0, 0.05) is 11.6 Å². The van der Waals surface area contributed by atoms with E-state index in [-0.39, 0.29) is 17.9 Å². The van der Waals surface area contributed by atoms with Crippen LogP contribution in [0.3, 0.4) is 0 Å². The Morgan fingerprint density at radius 1 is 1.04 bits per heavy atom. The lowest BCUT2D eigenvalue weighted by Gasteiger charge is -2.07. The molecule has 0 saturated carbocycles. The van der Waals surface area contributed by atoms with Crippen molar-refractivity contribution in [3.63, 3.8) is 0 Å². The first-order chi connectivity index (χ1) is 13.1. The molecular formula is C19H13F2N3O3. The Balaban J connectivity index is 1.62. The first kappa shape index (κ1) is 16.9. The molecule has 2 aromatic carbocycles. The second-order valence-electron chi connectivity index (χ2n) is 5.69. The fourth-order valence-corrected chi connectivity index (χ4v) is 2.64. The highest BCUT2D eigenvalue weighted by Crippen LogP contribution is 2.21. The van der Waals surface area contributed by atoms with Crippen molar-refractivity contribution >= 4 is 11.1 Å². The number of ether oxygens (including phenoxy) is 1. The van der Waals surface area contributed by atoms with E-state index in [1.54, 1.807) is 24.3 Å². The van der Waals surface area contributed by atoms with Crippen LogP contribution < -0.4 is 10.3 Å². The number of nitrogens with zero attached hydrogens (tertiary/aromatic N) is 3. The van der Waals surface area contributed by atoms with Gasteiger partial charge in [-0.25, -0.2) is 9.67 Å². The Morgan fingerprint density at radius 2 is 1.81 bits per heavy atom. The van der Waals surface area contributed by atoms with Crippen molar-refractivity contribution in [3.05, 3.63) is 76.9 Å². The molecule has 0 amide bonds. The van der Waals surface area contributed by atoms with Crippen LogP contribution >= 0.6 is 0 Å². The summed E-state index contributed by atoms with van der Waals surface area (Å²) in [5.74, 6) is 0.414. The number of fused-ring (bicyclic) bond motifs is 1. The summed E-state index contributed by atoms with van der Waals surface area (Å²) in [7, 11) is 0. The second kappa shape index (κ2) is 6.99. The van der Waals surface area contributed by atoms with Crippen LogP contribution in [0.15, 0.2) is 69.9 Å². The number of aromatic nitrogens is 3. The molecular weight excluding hydrogens is 356 g/mol. The zero-order chi connectivity index (χ0) is 18.8. The van der Waals surface area contributed by atoms with Gasteiger partial charge >= 0.3 is 6.61 Å². The summed E-state index contributed by atoms with van der Waals surface area (Å²) in [4.78, 5) is 16.5. The number of hydrogen-bond donors (Lipinski definition) is 0. The van der Waals surface area contributed by atoms with Gasteiger partial charge in [-0.2, -0.15) is 13.9 Å². The molecule has 0 spiro atoms. The van der Waals surface area contributed by atoms with Crippen molar-refractivity contribution in [2.75, 3.05) is 0 Å². The second-order valence-corrected chi connectivity index (χ2v) is 5.69. The number of para-hydroxylation sites is 2. The number of hydrogen-bond acceptors (Lipinski definition) is 5. The molecule has 4 aromatic rings. The van der Waals surface area contributed by atoms with E-state index in [0.29, 0.717) is 28.2 Å². The smallest absolute Gasteiger partial charge is 0.387 e. The molecule has 0 aliphatic heterocycles. The van der Waals surface area contributed by atoms with Gasteiger partial charge in [0.15, 0.2) is 5.58 Å². The molecule has 4 rings (SSSR count). The predicted octanol–water partition coefficient (Wildman–Crippen LogP) is 3.70. The Labute approximate surface area is 151 Å². The minimum atomic E-state index is -2.88. The molecule has 2 aromatic heterocycles. The number of alkyl halides is 2. The van der Waals surface area contributed by atoms with Gasteiger partial charge in [0.25, 0.3) is 5.56 Å². The van der Waals surface area contributed by atoms with Crippen molar-refractivity contribution in [1.29, 1.82) is 0 Å². The number of rotatable bonds is 5. The first-order valence-corrected chi connectivity index (χ1v) is 8.06. The van der Waals surface area contributed by atoms with Crippen LogP contribution in [0, 0.1) is 0 Å². The Hall–Kier alpha value is -3.55. The minimum absolute atomic E-state index is 0.0496.